The number of nitrogens with zero attached hydrogens (tertiary/aromatic N) is 1. The van der Waals surface area contributed by atoms with E-state index in [0.29, 0.717) is 54.5 Å². The van der Waals surface area contributed by atoms with Crippen molar-refractivity contribution < 1.29 is 14.4 Å². The van der Waals surface area contributed by atoms with Gasteiger partial charge in [-0.05, 0) is 48.9 Å². The Kier molecular flexibility index (Phi) is 8.28. The molecule has 3 amide bonds. The molecule has 1 aliphatic rings. The minimum atomic E-state index is -0.688. The third-order valence-electron chi connectivity index (χ3n) is 5.69. The van der Waals surface area contributed by atoms with Crippen LogP contribution in [0.2, 0.25) is 5.02 Å². The molecule has 0 radical (unpaired) electrons. The zero-order valence-corrected chi connectivity index (χ0v) is 19.3. The van der Waals surface area contributed by atoms with Gasteiger partial charge < -0.3 is 15.5 Å². The molecule has 1 aliphatic heterocycles. The summed E-state index contributed by atoms with van der Waals surface area (Å²) < 4.78 is 0. The monoisotopic (exact) mass is 455 g/mol. The summed E-state index contributed by atoms with van der Waals surface area (Å²) in [4.78, 5) is 40.4. The Labute approximate surface area is 194 Å². The number of nitrogens with one attached hydrogen (secondary N) is 2. The summed E-state index contributed by atoms with van der Waals surface area (Å²) in [5.41, 5.74) is 0.997. The molecule has 1 fully saturated rings. The van der Waals surface area contributed by atoms with E-state index in [1.54, 1.807) is 36.4 Å². The highest BCUT2D eigenvalue weighted by molar-refractivity contribution is 6.33. The number of piperidine rings is 1. The van der Waals surface area contributed by atoms with Gasteiger partial charge in [-0.25, -0.2) is 0 Å². The first-order valence-corrected chi connectivity index (χ1v) is 11.4. The summed E-state index contributed by atoms with van der Waals surface area (Å²) >= 11 is 6.18. The quantitative estimate of drug-likeness (QED) is 0.667. The second-order valence-electron chi connectivity index (χ2n) is 8.57. The molecular weight excluding hydrogens is 426 g/mol. The molecule has 0 unspecified atom stereocenters. The number of amides is 3. The fourth-order valence-electron chi connectivity index (χ4n) is 3.88. The normalized spacial score (nSPS) is 15.3. The molecule has 0 aliphatic carbocycles. The predicted octanol–water partition coefficient (Wildman–Crippen LogP) is 3.76. The molecule has 2 aromatic rings. The van der Waals surface area contributed by atoms with Crippen LogP contribution in [0.4, 0.5) is 0 Å². The molecule has 0 bridgehead atoms. The molecule has 0 spiro atoms. The molecule has 1 atom stereocenters. The van der Waals surface area contributed by atoms with Crippen molar-refractivity contribution in [2.45, 2.75) is 32.7 Å². The number of carbonyl (C=O) groups excluding carboxylic acids is 3. The Morgan fingerprint density at radius 1 is 1.00 bits per heavy atom. The zero-order chi connectivity index (χ0) is 23.1. The maximum atomic E-state index is 13.0. The first-order chi connectivity index (χ1) is 15.4. The van der Waals surface area contributed by atoms with Crippen LogP contribution >= 0.6 is 11.6 Å². The third-order valence-corrected chi connectivity index (χ3v) is 6.02. The van der Waals surface area contributed by atoms with Gasteiger partial charge in [0, 0.05) is 25.2 Å². The van der Waals surface area contributed by atoms with Gasteiger partial charge in [0.05, 0.1) is 10.6 Å². The molecule has 0 saturated carbocycles. The average Bonchev–Trinajstić information content (AvgIpc) is 2.81. The van der Waals surface area contributed by atoms with Crippen LogP contribution in [0, 0.1) is 11.8 Å². The molecule has 170 valence electrons. The smallest absolute Gasteiger partial charge is 0.253 e. The lowest BCUT2D eigenvalue weighted by Gasteiger charge is -2.36. The molecule has 6 nitrogen and oxygen atoms in total. The molecule has 2 aromatic carbocycles. The van der Waals surface area contributed by atoms with E-state index < -0.39 is 6.04 Å². The first kappa shape index (κ1) is 23.8. The van der Waals surface area contributed by atoms with Gasteiger partial charge in [-0.3, -0.25) is 14.4 Å². The number of rotatable bonds is 7. The Hall–Kier alpha value is -2.86. The van der Waals surface area contributed by atoms with E-state index in [1.165, 1.54) is 0 Å². The topological polar surface area (TPSA) is 78.5 Å². The lowest BCUT2D eigenvalue weighted by atomic mass is 9.88. The van der Waals surface area contributed by atoms with Crippen LogP contribution in [0.1, 0.15) is 47.4 Å². The number of carbonyl (C=O) groups is 3. The van der Waals surface area contributed by atoms with Gasteiger partial charge in [0.1, 0.15) is 6.04 Å². The van der Waals surface area contributed by atoms with Gasteiger partial charge in [-0.1, -0.05) is 55.8 Å². The molecule has 32 heavy (non-hydrogen) atoms. The minimum absolute atomic E-state index is 0.00929. The van der Waals surface area contributed by atoms with Gasteiger partial charge >= 0.3 is 0 Å². The van der Waals surface area contributed by atoms with E-state index in [1.807, 2.05) is 36.9 Å². The summed E-state index contributed by atoms with van der Waals surface area (Å²) in [6, 6.07) is 15.3. The van der Waals surface area contributed by atoms with Crippen LogP contribution in [0.3, 0.4) is 0 Å². The summed E-state index contributed by atoms with van der Waals surface area (Å²) in [5, 5.41) is 6.19. The van der Waals surface area contributed by atoms with Crippen molar-refractivity contribution in [1.29, 1.82) is 0 Å². The largest absolute Gasteiger partial charge is 0.354 e. The van der Waals surface area contributed by atoms with Gasteiger partial charge in [0.2, 0.25) is 5.91 Å². The molecule has 2 N–H and O–H groups in total. The highest BCUT2D eigenvalue weighted by Crippen LogP contribution is 2.24. The number of halogens is 1. The maximum Gasteiger partial charge on any atom is 0.253 e. The third kappa shape index (κ3) is 6.10. The number of hydrogen-bond donors (Lipinski definition) is 2. The molecule has 7 heteroatoms. The van der Waals surface area contributed by atoms with E-state index in [9.17, 15) is 14.4 Å². The van der Waals surface area contributed by atoms with Gasteiger partial charge in [-0.2, -0.15) is 0 Å². The van der Waals surface area contributed by atoms with E-state index in [-0.39, 0.29) is 23.6 Å². The van der Waals surface area contributed by atoms with Crippen LogP contribution < -0.4 is 10.6 Å². The highest BCUT2D eigenvalue weighted by Gasteiger charge is 2.34. The lowest BCUT2D eigenvalue weighted by Crippen LogP contribution is -2.54. The van der Waals surface area contributed by atoms with E-state index >= 15 is 0 Å². The Balaban J connectivity index is 1.69. The van der Waals surface area contributed by atoms with Crippen LogP contribution in [-0.4, -0.2) is 48.3 Å². The van der Waals surface area contributed by atoms with E-state index in [0.717, 1.165) is 0 Å². The van der Waals surface area contributed by atoms with Crippen LogP contribution in [-0.2, 0) is 4.79 Å². The molecule has 1 heterocycles. The minimum Gasteiger partial charge on any atom is -0.354 e. The Bertz CT molecular complexity index is 940. The molecule has 0 aromatic heterocycles. The summed E-state index contributed by atoms with van der Waals surface area (Å²) in [7, 11) is 0. The fraction of sp³-hybridized carbons (Fsp3) is 0.400. The predicted molar refractivity (Wildman–Crippen MR) is 126 cm³/mol. The van der Waals surface area contributed by atoms with Crippen molar-refractivity contribution in [2.75, 3.05) is 19.6 Å². The van der Waals surface area contributed by atoms with E-state index in [4.69, 9.17) is 11.6 Å². The first-order valence-electron chi connectivity index (χ1n) is 11.0. The lowest BCUT2D eigenvalue weighted by molar-refractivity contribution is -0.124. The molecule has 3 rings (SSSR count). The van der Waals surface area contributed by atoms with Crippen LogP contribution in [0.25, 0.3) is 0 Å². The van der Waals surface area contributed by atoms with Gasteiger partial charge in [0.25, 0.3) is 11.8 Å². The molecular formula is C25H30ClN3O3. The number of hydrogen-bond acceptors (Lipinski definition) is 3. The van der Waals surface area contributed by atoms with Gasteiger partial charge in [0.15, 0.2) is 0 Å². The van der Waals surface area contributed by atoms with Crippen molar-refractivity contribution in [1.82, 2.24) is 15.5 Å². The van der Waals surface area contributed by atoms with Crippen LogP contribution in [0.5, 0.6) is 0 Å². The SMILES string of the molecule is CC(C)CNC(=O)[C@H](NC(=O)c1ccccc1Cl)C1CCN(C(=O)c2ccccc2)CC1. The average molecular weight is 456 g/mol. The van der Waals surface area contributed by atoms with Crippen molar-refractivity contribution in [3.8, 4) is 0 Å². The summed E-state index contributed by atoms with van der Waals surface area (Å²) in [6.45, 7) is 5.64. The van der Waals surface area contributed by atoms with Crippen molar-refractivity contribution in [3.63, 3.8) is 0 Å². The van der Waals surface area contributed by atoms with Gasteiger partial charge in [-0.15, -0.1) is 0 Å². The maximum absolute atomic E-state index is 13.0. The Morgan fingerprint density at radius 2 is 1.62 bits per heavy atom. The second kappa shape index (κ2) is 11.1. The zero-order valence-electron chi connectivity index (χ0n) is 18.5. The van der Waals surface area contributed by atoms with Crippen molar-refractivity contribution in [2.24, 2.45) is 11.8 Å². The van der Waals surface area contributed by atoms with Crippen molar-refractivity contribution >= 4 is 29.3 Å². The highest BCUT2D eigenvalue weighted by atomic mass is 35.5. The summed E-state index contributed by atoms with van der Waals surface area (Å²) in [5.74, 6) is -0.363. The standard InChI is InChI=1S/C25H30ClN3O3/c1-17(2)16-27-24(31)22(28-23(30)20-10-6-7-11-21(20)26)18-12-14-29(15-13-18)25(32)19-8-4-3-5-9-19/h3-11,17-18,22H,12-16H2,1-2H3,(H,27,31)(H,28,30)/t22-/m1/s1. The fourth-order valence-corrected chi connectivity index (χ4v) is 4.10. The number of benzene rings is 2. The Morgan fingerprint density at radius 3 is 2.25 bits per heavy atom. The number of likely N-dealkylation sites (tertiary alicyclic amines) is 1. The summed E-state index contributed by atoms with van der Waals surface area (Å²) in [6.07, 6.45) is 1.25. The van der Waals surface area contributed by atoms with E-state index in [2.05, 4.69) is 10.6 Å². The van der Waals surface area contributed by atoms with Crippen molar-refractivity contribution in [3.05, 3.63) is 70.7 Å². The molecule has 1 saturated heterocycles. The van der Waals surface area contributed by atoms with Crippen LogP contribution in [0.15, 0.2) is 54.6 Å². The second-order valence-corrected chi connectivity index (χ2v) is 8.97.